The number of phenols is 1. The number of aliphatic hydroxyl groups excluding tert-OH is 1. The Labute approximate surface area is 171 Å². The first-order valence-electron chi connectivity index (χ1n) is 9.74. The first-order chi connectivity index (χ1) is 13.9. The van der Waals surface area contributed by atoms with Gasteiger partial charge >= 0.3 is 0 Å². The Hall–Kier alpha value is -2.86. The van der Waals surface area contributed by atoms with E-state index in [1.54, 1.807) is 19.1 Å². The lowest BCUT2D eigenvalue weighted by molar-refractivity contribution is -0.122. The van der Waals surface area contributed by atoms with Gasteiger partial charge in [0.05, 0.1) is 5.41 Å². The number of allylic oxidation sites excluding steroid dienone is 1. The van der Waals surface area contributed by atoms with Crippen molar-refractivity contribution in [2.24, 2.45) is 0 Å². The third kappa shape index (κ3) is 2.66. The van der Waals surface area contributed by atoms with Crippen molar-refractivity contribution < 1.29 is 19.4 Å². The van der Waals surface area contributed by atoms with E-state index < -0.39 is 5.41 Å². The zero-order valence-corrected chi connectivity index (χ0v) is 17.4. The molecule has 0 saturated heterocycles. The molecule has 1 aliphatic carbocycles. The van der Waals surface area contributed by atoms with Gasteiger partial charge in [0.15, 0.2) is 11.2 Å². The van der Waals surface area contributed by atoms with Gasteiger partial charge in [0, 0.05) is 32.7 Å². The van der Waals surface area contributed by atoms with Gasteiger partial charge < -0.3 is 14.6 Å². The van der Waals surface area contributed by atoms with Crippen molar-refractivity contribution in [1.82, 2.24) is 0 Å². The summed E-state index contributed by atoms with van der Waals surface area (Å²) in [7, 11) is 0. The maximum atomic E-state index is 13.3. The predicted molar refractivity (Wildman–Crippen MR) is 115 cm³/mol. The number of phenolic OH excluding ortho intramolecular Hbond substituents is 1. The number of carbonyl (C=O) groups is 1. The van der Waals surface area contributed by atoms with Crippen LogP contribution in [0.1, 0.15) is 51.4 Å². The molecule has 1 aliphatic rings. The smallest absolute Gasteiger partial charge is 0.196 e. The van der Waals surface area contributed by atoms with E-state index in [1.807, 2.05) is 25.3 Å². The molecule has 0 bridgehead atoms. The molecule has 2 aromatic heterocycles. The van der Waals surface area contributed by atoms with Crippen molar-refractivity contribution in [3.05, 3.63) is 56.8 Å². The van der Waals surface area contributed by atoms with Gasteiger partial charge in [-0.15, -0.1) is 11.3 Å². The minimum atomic E-state index is -0.976. The zero-order valence-electron chi connectivity index (χ0n) is 16.5. The van der Waals surface area contributed by atoms with Crippen LogP contribution in [0.15, 0.2) is 44.4 Å². The summed E-state index contributed by atoms with van der Waals surface area (Å²) in [6.45, 7) is 5.58. The SMILES string of the molecule is CCC1=C(O)c2c(oc(-c3csc4ccc(O)cc34)cc2=O)C(CC)(CC)C1=O. The molecule has 3 aromatic rings. The molecule has 0 spiro atoms. The van der Waals surface area contributed by atoms with E-state index in [1.165, 1.54) is 17.4 Å². The summed E-state index contributed by atoms with van der Waals surface area (Å²) < 4.78 is 7.16. The number of benzene rings is 1. The van der Waals surface area contributed by atoms with Crippen LogP contribution in [0, 0.1) is 0 Å². The van der Waals surface area contributed by atoms with Crippen molar-refractivity contribution in [3.63, 3.8) is 0 Å². The highest BCUT2D eigenvalue weighted by Gasteiger charge is 2.48. The molecule has 29 heavy (non-hydrogen) atoms. The van der Waals surface area contributed by atoms with Gasteiger partial charge in [0.25, 0.3) is 0 Å². The molecule has 0 saturated carbocycles. The summed E-state index contributed by atoms with van der Waals surface area (Å²) in [6.07, 6.45) is 1.27. The van der Waals surface area contributed by atoms with Crippen molar-refractivity contribution >= 4 is 33.0 Å². The molecule has 2 heterocycles. The van der Waals surface area contributed by atoms with Crippen LogP contribution in [-0.2, 0) is 10.2 Å². The van der Waals surface area contributed by atoms with E-state index in [2.05, 4.69) is 0 Å². The van der Waals surface area contributed by atoms with E-state index >= 15 is 0 Å². The molecule has 0 aliphatic heterocycles. The Balaban J connectivity index is 2.06. The summed E-state index contributed by atoms with van der Waals surface area (Å²) >= 11 is 1.48. The molecule has 0 radical (unpaired) electrons. The topological polar surface area (TPSA) is 87.7 Å². The second-order valence-electron chi connectivity index (χ2n) is 7.31. The Bertz CT molecular complexity index is 1220. The monoisotopic (exact) mass is 410 g/mol. The molecule has 0 fully saturated rings. The van der Waals surface area contributed by atoms with Crippen LogP contribution >= 0.6 is 11.3 Å². The number of fused-ring (bicyclic) bond motifs is 2. The summed E-state index contributed by atoms with van der Waals surface area (Å²) in [4.78, 5) is 26.3. The van der Waals surface area contributed by atoms with Crippen LogP contribution in [-0.4, -0.2) is 16.0 Å². The number of hydrogen-bond donors (Lipinski definition) is 2. The van der Waals surface area contributed by atoms with Crippen molar-refractivity contribution in [2.75, 3.05) is 0 Å². The Morgan fingerprint density at radius 1 is 1.07 bits per heavy atom. The van der Waals surface area contributed by atoms with Crippen LogP contribution in [0.25, 0.3) is 27.2 Å². The highest BCUT2D eigenvalue weighted by Crippen LogP contribution is 2.45. The molecule has 6 heteroatoms. The summed E-state index contributed by atoms with van der Waals surface area (Å²) in [5.41, 5.74) is -0.290. The van der Waals surface area contributed by atoms with Crippen molar-refractivity contribution in [3.8, 4) is 17.1 Å². The molecule has 150 valence electrons. The summed E-state index contributed by atoms with van der Waals surface area (Å²) in [5, 5.41) is 23.2. The predicted octanol–water partition coefficient (Wildman–Crippen LogP) is 5.55. The van der Waals surface area contributed by atoms with E-state index in [-0.39, 0.29) is 39.6 Å². The first kappa shape index (κ1) is 19.5. The molecular formula is C23H22O5S. The third-order valence-electron chi connectivity index (χ3n) is 6.00. The minimum Gasteiger partial charge on any atom is -0.508 e. The maximum Gasteiger partial charge on any atom is 0.196 e. The number of Topliss-reactive ketones (excluding diaryl/α,β-unsaturated/α-hetero) is 1. The van der Waals surface area contributed by atoms with Gasteiger partial charge in [-0.05, 0) is 37.5 Å². The molecule has 0 unspecified atom stereocenters. The highest BCUT2D eigenvalue weighted by atomic mass is 32.1. The molecule has 2 N–H and O–H groups in total. The van der Waals surface area contributed by atoms with Crippen LogP contribution in [0.5, 0.6) is 5.75 Å². The molecule has 4 rings (SSSR count). The number of ketones is 1. The number of hydrogen-bond acceptors (Lipinski definition) is 6. The maximum absolute atomic E-state index is 13.3. The van der Waals surface area contributed by atoms with Gasteiger partial charge in [0.2, 0.25) is 0 Å². The summed E-state index contributed by atoms with van der Waals surface area (Å²) in [6, 6.07) is 6.41. The second kappa shape index (κ2) is 6.88. The van der Waals surface area contributed by atoms with Gasteiger partial charge in [0.1, 0.15) is 28.6 Å². The fourth-order valence-electron chi connectivity index (χ4n) is 4.27. The van der Waals surface area contributed by atoms with Gasteiger partial charge in [-0.1, -0.05) is 20.8 Å². The molecule has 5 nitrogen and oxygen atoms in total. The lowest BCUT2D eigenvalue weighted by atomic mass is 9.68. The molecule has 0 atom stereocenters. The molecule has 0 amide bonds. The van der Waals surface area contributed by atoms with Crippen LogP contribution in [0.2, 0.25) is 0 Å². The minimum absolute atomic E-state index is 0.0938. The fraction of sp³-hybridized carbons (Fsp3) is 0.304. The van der Waals surface area contributed by atoms with E-state index in [4.69, 9.17) is 4.42 Å². The van der Waals surface area contributed by atoms with E-state index in [9.17, 15) is 19.8 Å². The number of carbonyl (C=O) groups excluding carboxylic acids is 1. The number of thiophene rings is 1. The van der Waals surface area contributed by atoms with Gasteiger partial charge in [-0.3, -0.25) is 9.59 Å². The standard InChI is InChI=1S/C23H22O5S/c1-4-13-20(26)19-16(25)10-17(28-22(19)23(5-2,6-3)21(13)27)15-11-29-18-8-7-12(24)9-14(15)18/h7-11,24,26H,4-6H2,1-3H3. The quantitative estimate of drug-likeness (QED) is 0.589. The van der Waals surface area contributed by atoms with E-state index in [0.717, 1.165) is 10.1 Å². The first-order valence-corrected chi connectivity index (χ1v) is 10.6. The Morgan fingerprint density at radius 2 is 1.79 bits per heavy atom. The second-order valence-corrected chi connectivity index (χ2v) is 8.22. The van der Waals surface area contributed by atoms with Crippen molar-refractivity contribution in [2.45, 2.75) is 45.4 Å². The lowest BCUT2D eigenvalue weighted by Gasteiger charge is -2.35. The van der Waals surface area contributed by atoms with Crippen LogP contribution in [0.3, 0.4) is 0 Å². The van der Waals surface area contributed by atoms with Crippen LogP contribution < -0.4 is 5.43 Å². The Kier molecular flexibility index (Phi) is 4.62. The fourth-order valence-corrected chi connectivity index (χ4v) is 5.20. The highest BCUT2D eigenvalue weighted by molar-refractivity contribution is 7.17. The normalized spacial score (nSPS) is 15.8. The Morgan fingerprint density at radius 3 is 2.45 bits per heavy atom. The molecule has 1 aromatic carbocycles. The lowest BCUT2D eigenvalue weighted by Crippen LogP contribution is -2.41. The molecular weight excluding hydrogens is 388 g/mol. The largest absolute Gasteiger partial charge is 0.508 e. The summed E-state index contributed by atoms with van der Waals surface area (Å²) in [5.74, 6) is 0.250. The van der Waals surface area contributed by atoms with Gasteiger partial charge in [-0.2, -0.15) is 0 Å². The number of rotatable bonds is 4. The van der Waals surface area contributed by atoms with Gasteiger partial charge in [-0.25, -0.2) is 0 Å². The van der Waals surface area contributed by atoms with E-state index in [0.29, 0.717) is 30.6 Å². The number of aliphatic hydroxyl groups is 1. The number of aromatic hydroxyl groups is 1. The zero-order chi connectivity index (χ0) is 20.9. The average molecular weight is 410 g/mol. The van der Waals surface area contributed by atoms with Crippen molar-refractivity contribution in [1.29, 1.82) is 0 Å². The average Bonchev–Trinajstić information content (AvgIpc) is 3.12. The third-order valence-corrected chi connectivity index (χ3v) is 6.96. The van der Waals surface area contributed by atoms with Crippen LogP contribution in [0.4, 0.5) is 0 Å².